The maximum atomic E-state index is 5.27. The Morgan fingerprint density at radius 2 is 2.00 bits per heavy atom. The van der Waals surface area contributed by atoms with Gasteiger partial charge in [0.1, 0.15) is 0 Å². The minimum Gasteiger partial charge on any atom is -0.337 e. The monoisotopic (exact) mass is 200 g/mol. The fourth-order valence-corrected chi connectivity index (χ4v) is 8.34. The van der Waals surface area contributed by atoms with Crippen molar-refractivity contribution < 1.29 is 4.52 Å². The molecular weight excluding hydrogens is 191 g/mol. The van der Waals surface area contributed by atoms with E-state index in [9.17, 15) is 0 Å². The summed E-state index contributed by atoms with van der Waals surface area (Å²) in [5.74, 6) is 2.39. The molecule has 1 fully saturated rings. The summed E-state index contributed by atoms with van der Waals surface area (Å²) in [6, 6.07) is 0. The molecule has 0 aromatic rings. The lowest BCUT2D eigenvalue weighted by Gasteiger charge is -2.22. The van der Waals surface area contributed by atoms with Crippen LogP contribution in [0, 0.1) is 0 Å². The van der Waals surface area contributed by atoms with Crippen LogP contribution in [0.15, 0.2) is 0 Å². The van der Waals surface area contributed by atoms with Crippen molar-refractivity contribution in [2.45, 2.75) is 6.42 Å². The second-order valence-corrected chi connectivity index (χ2v) is 12.5. The smallest absolute Gasteiger partial charge is 0.174 e. The van der Waals surface area contributed by atoms with Gasteiger partial charge in [-0.1, -0.05) is 22.8 Å². The van der Waals surface area contributed by atoms with Crippen LogP contribution < -0.4 is 0 Å². The Hall–Kier alpha value is 1.31. The number of hydrogen-bond acceptors (Lipinski definition) is 4. The van der Waals surface area contributed by atoms with Crippen molar-refractivity contribution >= 4 is 39.2 Å². The molecule has 54 valence electrons. The van der Waals surface area contributed by atoms with Gasteiger partial charge in [0.2, 0.25) is 0 Å². The van der Waals surface area contributed by atoms with Gasteiger partial charge in [0.15, 0.2) is 4.67 Å². The molecular formula is C4H9OPS3. The Bertz CT molecular complexity index is 128. The average molecular weight is 200 g/mol. The molecule has 1 heterocycles. The summed E-state index contributed by atoms with van der Waals surface area (Å²) in [5, 5.41) is 0. The van der Waals surface area contributed by atoms with Crippen LogP contribution in [-0.2, 0) is 16.3 Å². The van der Waals surface area contributed by atoms with Crippen LogP contribution in [0.5, 0.6) is 0 Å². The van der Waals surface area contributed by atoms with Crippen LogP contribution in [0.3, 0.4) is 0 Å². The molecule has 0 amide bonds. The third-order valence-corrected chi connectivity index (χ3v) is 11.2. The summed E-state index contributed by atoms with van der Waals surface area (Å²) in [5.41, 5.74) is 0. The molecule has 1 aliphatic rings. The maximum absolute atomic E-state index is 5.27. The van der Waals surface area contributed by atoms with E-state index in [1.807, 2.05) is 22.8 Å². The molecule has 5 heteroatoms. The van der Waals surface area contributed by atoms with Crippen molar-refractivity contribution in [3.8, 4) is 0 Å². The highest BCUT2D eigenvalue weighted by Crippen LogP contribution is 2.71. The minimum atomic E-state index is -1.43. The fraction of sp³-hybridized carbons (Fsp3) is 1.00. The van der Waals surface area contributed by atoms with E-state index in [0.29, 0.717) is 0 Å². The van der Waals surface area contributed by atoms with E-state index in [2.05, 4.69) is 0 Å². The first-order valence-electron chi connectivity index (χ1n) is 2.72. The molecule has 0 bridgehead atoms. The van der Waals surface area contributed by atoms with Gasteiger partial charge in [0.25, 0.3) is 0 Å². The first-order chi connectivity index (χ1) is 4.27. The van der Waals surface area contributed by atoms with Crippen molar-refractivity contribution in [3.05, 3.63) is 0 Å². The van der Waals surface area contributed by atoms with Crippen molar-refractivity contribution in [1.29, 1.82) is 0 Å². The topological polar surface area (TPSA) is 9.23 Å². The molecule has 0 aromatic heterocycles. The van der Waals surface area contributed by atoms with Crippen LogP contribution in [0.25, 0.3) is 0 Å². The molecule has 0 radical (unpaired) electrons. The Morgan fingerprint density at radius 1 is 1.44 bits per heavy atom. The van der Waals surface area contributed by atoms with Crippen molar-refractivity contribution in [2.24, 2.45) is 0 Å². The van der Waals surface area contributed by atoms with Crippen molar-refractivity contribution in [1.82, 2.24) is 0 Å². The van der Waals surface area contributed by atoms with Crippen LogP contribution >= 0.6 is 27.4 Å². The molecule has 1 aliphatic heterocycles. The second kappa shape index (κ2) is 3.63. The van der Waals surface area contributed by atoms with Gasteiger partial charge in [0, 0.05) is 18.6 Å². The summed E-state index contributed by atoms with van der Waals surface area (Å²) in [4.78, 5) is 0. The molecule has 0 aliphatic carbocycles. The van der Waals surface area contributed by atoms with Gasteiger partial charge < -0.3 is 4.52 Å². The van der Waals surface area contributed by atoms with Crippen LogP contribution in [0.1, 0.15) is 6.42 Å². The Morgan fingerprint density at radius 3 is 2.33 bits per heavy atom. The van der Waals surface area contributed by atoms with Gasteiger partial charge >= 0.3 is 0 Å². The van der Waals surface area contributed by atoms with E-state index in [1.54, 1.807) is 7.11 Å². The van der Waals surface area contributed by atoms with E-state index >= 15 is 0 Å². The minimum absolute atomic E-state index is 1.19. The lowest BCUT2D eigenvalue weighted by Crippen LogP contribution is -1.90. The van der Waals surface area contributed by atoms with Crippen molar-refractivity contribution in [3.63, 3.8) is 0 Å². The Balaban J connectivity index is 2.47. The van der Waals surface area contributed by atoms with E-state index in [-0.39, 0.29) is 0 Å². The highest BCUT2D eigenvalue weighted by molar-refractivity contribution is 8.99. The molecule has 0 spiro atoms. The lowest BCUT2D eigenvalue weighted by molar-refractivity contribution is 0.480. The van der Waals surface area contributed by atoms with Crippen LogP contribution in [0.4, 0.5) is 0 Å². The van der Waals surface area contributed by atoms with E-state index in [4.69, 9.17) is 16.3 Å². The summed E-state index contributed by atoms with van der Waals surface area (Å²) in [7, 11) is 1.73. The molecule has 0 aromatic carbocycles. The quantitative estimate of drug-likeness (QED) is 0.601. The first-order valence-corrected chi connectivity index (χ1v) is 8.62. The van der Waals surface area contributed by atoms with Crippen LogP contribution in [0.2, 0.25) is 0 Å². The molecule has 0 N–H and O–H groups in total. The maximum Gasteiger partial charge on any atom is 0.174 e. The number of hydrogen-bond donors (Lipinski definition) is 0. The van der Waals surface area contributed by atoms with Crippen molar-refractivity contribution in [2.75, 3.05) is 18.6 Å². The summed E-state index contributed by atoms with van der Waals surface area (Å²) in [6.45, 7) is 0. The Kier molecular flexibility index (Phi) is 3.39. The zero-order valence-corrected chi connectivity index (χ0v) is 8.55. The van der Waals surface area contributed by atoms with E-state index < -0.39 is 4.67 Å². The fourth-order valence-electron chi connectivity index (χ4n) is 0.554. The summed E-state index contributed by atoms with van der Waals surface area (Å²) < 4.78 is 3.80. The van der Waals surface area contributed by atoms with Gasteiger partial charge in [-0.15, -0.1) is 0 Å². The van der Waals surface area contributed by atoms with Gasteiger partial charge in [-0.2, -0.15) is 0 Å². The normalized spacial score (nSPS) is 25.9. The van der Waals surface area contributed by atoms with Gasteiger partial charge in [0.05, 0.1) is 0 Å². The zero-order valence-electron chi connectivity index (χ0n) is 5.20. The molecule has 1 rings (SSSR count). The summed E-state index contributed by atoms with van der Waals surface area (Å²) >= 11 is 8.93. The molecule has 0 unspecified atom stereocenters. The second-order valence-electron chi connectivity index (χ2n) is 1.65. The molecule has 1 nitrogen and oxygen atoms in total. The SMILES string of the molecule is COP1(=S)SCCCS1. The average Bonchev–Trinajstić information content (AvgIpc) is 1.90. The molecule has 0 atom stereocenters. The first kappa shape index (κ1) is 8.41. The predicted molar refractivity (Wildman–Crippen MR) is 50.8 cm³/mol. The summed E-state index contributed by atoms with van der Waals surface area (Å²) in [6.07, 6.45) is 1.29. The van der Waals surface area contributed by atoms with Gasteiger partial charge in [-0.3, -0.25) is 0 Å². The molecule has 9 heavy (non-hydrogen) atoms. The predicted octanol–water partition coefficient (Wildman–Crippen LogP) is 2.73. The zero-order chi connectivity index (χ0) is 6.74. The Labute approximate surface area is 68.9 Å². The highest BCUT2D eigenvalue weighted by Gasteiger charge is 2.20. The largest absolute Gasteiger partial charge is 0.337 e. The molecule has 0 saturated carbocycles. The van der Waals surface area contributed by atoms with Gasteiger partial charge in [-0.25, -0.2) is 0 Å². The van der Waals surface area contributed by atoms with Gasteiger partial charge in [-0.05, 0) is 18.2 Å². The van der Waals surface area contributed by atoms with E-state index in [1.165, 1.54) is 17.9 Å². The lowest BCUT2D eigenvalue weighted by atomic mass is 10.6. The molecule has 1 saturated heterocycles. The third kappa shape index (κ3) is 2.43. The van der Waals surface area contributed by atoms with Crippen LogP contribution in [-0.4, -0.2) is 18.6 Å². The highest BCUT2D eigenvalue weighted by atomic mass is 33.2. The number of rotatable bonds is 1. The third-order valence-electron chi connectivity index (χ3n) is 1.01. The van der Waals surface area contributed by atoms with E-state index in [0.717, 1.165) is 0 Å². The standard InChI is InChI=1S/C4H9OPS3/c1-5-6(7)8-3-2-4-9-6/h2-4H2,1H3.